The molecule has 0 aliphatic heterocycles. The van der Waals surface area contributed by atoms with Crippen molar-refractivity contribution in [1.29, 1.82) is 5.26 Å². The maximum Gasteiger partial charge on any atom is 0.213 e. The molecule has 0 unspecified atom stereocenters. The molecule has 84 valence electrons. The van der Waals surface area contributed by atoms with Crippen LogP contribution in [0.1, 0.15) is 5.56 Å². The smallest absolute Gasteiger partial charge is 0.213 e. The van der Waals surface area contributed by atoms with Crippen molar-refractivity contribution in [2.45, 2.75) is 6.42 Å². The molecule has 0 aliphatic carbocycles. The van der Waals surface area contributed by atoms with E-state index in [-0.39, 0.29) is 0 Å². The van der Waals surface area contributed by atoms with Gasteiger partial charge in [0.1, 0.15) is 0 Å². The lowest BCUT2D eigenvalue weighted by molar-refractivity contribution is 0.398. The van der Waals surface area contributed by atoms with Crippen LogP contribution in [0.4, 0.5) is 0 Å². The van der Waals surface area contributed by atoms with E-state index in [1.54, 1.807) is 13.2 Å². The third-order valence-electron chi connectivity index (χ3n) is 2.48. The molecule has 0 atom stereocenters. The molecule has 0 bridgehead atoms. The Morgan fingerprint density at radius 1 is 1.18 bits per heavy atom. The summed E-state index contributed by atoms with van der Waals surface area (Å²) in [6.07, 6.45) is 0.348. The number of pyridine rings is 1. The number of ether oxygens (including phenoxy) is 1. The molecule has 3 nitrogen and oxygen atoms in total. The highest BCUT2D eigenvalue weighted by Gasteiger charge is 2.08. The van der Waals surface area contributed by atoms with Gasteiger partial charge in [0, 0.05) is 11.6 Å². The zero-order valence-corrected chi connectivity index (χ0v) is 9.55. The van der Waals surface area contributed by atoms with Crippen LogP contribution in [-0.4, -0.2) is 12.1 Å². The van der Waals surface area contributed by atoms with Gasteiger partial charge in [0.25, 0.3) is 0 Å². The lowest BCUT2D eigenvalue weighted by atomic mass is 10.0. The summed E-state index contributed by atoms with van der Waals surface area (Å²) >= 11 is 0. The van der Waals surface area contributed by atoms with E-state index in [1.807, 2.05) is 36.4 Å². The van der Waals surface area contributed by atoms with Gasteiger partial charge in [-0.1, -0.05) is 36.4 Å². The molecule has 0 aliphatic rings. The van der Waals surface area contributed by atoms with E-state index >= 15 is 0 Å². The highest BCUT2D eigenvalue weighted by atomic mass is 16.5. The molecule has 0 fully saturated rings. The Morgan fingerprint density at radius 3 is 2.59 bits per heavy atom. The molecule has 1 aromatic carbocycles. The first-order chi connectivity index (χ1) is 8.35. The second-order valence-electron chi connectivity index (χ2n) is 3.56. The van der Waals surface area contributed by atoms with Gasteiger partial charge in [-0.05, 0) is 5.56 Å². The second-order valence-corrected chi connectivity index (χ2v) is 3.56. The fourth-order valence-corrected chi connectivity index (χ4v) is 1.66. The SMILES string of the molecule is COc1ccc(CC#N)c(-c2ccccc2)n1. The molecule has 3 heteroatoms. The first-order valence-corrected chi connectivity index (χ1v) is 5.31. The summed E-state index contributed by atoms with van der Waals surface area (Å²) in [5.41, 5.74) is 2.72. The average Bonchev–Trinajstić information content (AvgIpc) is 2.40. The number of nitriles is 1. The third kappa shape index (κ3) is 2.43. The summed E-state index contributed by atoms with van der Waals surface area (Å²) in [4.78, 5) is 4.41. The van der Waals surface area contributed by atoms with E-state index in [1.165, 1.54) is 0 Å². The van der Waals surface area contributed by atoms with Gasteiger partial charge in [-0.2, -0.15) is 5.26 Å². The molecule has 0 radical (unpaired) electrons. The Labute approximate surface area is 100 Å². The molecule has 0 amide bonds. The Hall–Kier alpha value is -2.34. The zero-order valence-electron chi connectivity index (χ0n) is 9.55. The summed E-state index contributed by atoms with van der Waals surface area (Å²) in [6, 6.07) is 15.6. The fraction of sp³-hybridized carbons (Fsp3) is 0.143. The van der Waals surface area contributed by atoms with Crippen LogP contribution in [0.2, 0.25) is 0 Å². The Balaban J connectivity index is 2.53. The quantitative estimate of drug-likeness (QED) is 0.805. The van der Waals surface area contributed by atoms with E-state index in [2.05, 4.69) is 11.1 Å². The van der Waals surface area contributed by atoms with Crippen LogP contribution in [0.5, 0.6) is 5.88 Å². The van der Waals surface area contributed by atoms with Crippen LogP contribution in [0.25, 0.3) is 11.3 Å². The normalized spacial score (nSPS) is 9.65. The monoisotopic (exact) mass is 224 g/mol. The topological polar surface area (TPSA) is 45.9 Å². The number of rotatable bonds is 3. The van der Waals surface area contributed by atoms with Crippen molar-refractivity contribution in [3.8, 4) is 23.2 Å². The van der Waals surface area contributed by atoms with Crippen LogP contribution < -0.4 is 4.74 Å². The third-order valence-corrected chi connectivity index (χ3v) is 2.48. The van der Waals surface area contributed by atoms with Crippen molar-refractivity contribution in [3.63, 3.8) is 0 Å². The van der Waals surface area contributed by atoms with Crippen molar-refractivity contribution < 1.29 is 4.74 Å². The summed E-state index contributed by atoms with van der Waals surface area (Å²) in [7, 11) is 1.58. The van der Waals surface area contributed by atoms with Gasteiger partial charge in [-0.25, -0.2) is 4.98 Å². The van der Waals surface area contributed by atoms with Crippen LogP contribution >= 0.6 is 0 Å². The van der Waals surface area contributed by atoms with E-state index in [0.29, 0.717) is 12.3 Å². The van der Waals surface area contributed by atoms with E-state index < -0.39 is 0 Å². The van der Waals surface area contributed by atoms with Crippen molar-refractivity contribution in [2.24, 2.45) is 0 Å². The van der Waals surface area contributed by atoms with E-state index in [9.17, 15) is 0 Å². The van der Waals surface area contributed by atoms with Crippen LogP contribution in [-0.2, 0) is 6.42 Å². The van der Waals surface area contributed by atoms with Gasteiger partial charge in [0.15, 0.2) is 0 Å². The molecule has 0 spiro atoms. The summed E-state index contributed by atoms with van der Waals surface area (Å²) in [6.45, 7) is 0. The van der Waals surface area contributed by atoms with Gasteiger partial charge >= 0.3 is 0 Å². The minimum absolute atomic E-state index is 0.348. The van der Waals surface area contributed by atoms with Crippen LogP contribution in [0.3, 0.4) is 0 Å². The lowest BCUT2D eigenvalue weighted by Crippen LogP contribution is -1.95. The summed E-state index contributed by atoms with van der Waals surface area (Å²) in [5.74, 6) is 0.561. The average molecular weight is 224 g/mol. The Bertz CT molecular complexity index is 544. The van der Waals surface area contributed by atoms with Crippen molar-refractivity contribution in [1.82, 2.24) is 4.98 Å². The molecule has 2 rings (SSSR count). The van der Waals surface area contributed by atoms with Gasteiger partial charge < -0.3 is 4.74 Å². The van der Waals surface area contributed by atoms with Gasteiger partial charge in [0.05, 0.1) is 25.3 Å². The molecule has 0 saturated heterocycles. The standard InChI is InChI=1S/C14H12N2O/c1-17-13-8-7-12(9-10-15)14(16-13)11-5-3-2-4-6-11/h2-8H,9H2,1H3. The van der Waals surface area contributed by atoms with Gasteiger partial charge in [-0.15, -0.1) is 0 Å². The molecule has 0 N–H and O–H groups in total. The molecular formula is C14H12N2O. The maximum absolute atomic E-state index is 8.81. The largest absolute Gasteiger partial charge is 0.481 e. The minimum atomic E-state index is 0.348. The highest BCUT2D eigenvalue weighted by molar-refractivity contribution is 5.64. The predicted octanol–water partition coefficient (Wildman–Crippen LogP) is 2.82. The summed E-state index contributed by atoms with van der Waals surface area (Å²) < 4.78 is 5.12. The molecular weight excluding hydrogens is 212 g/mol. The first kappa shape index (κ1) is 11.2. The van der Waals surface area contributed by atoms with Crippen molar-refractivity contribution >= 4 is 0 Å². The number of nitrogens with zero attached hydrogens (tertiary/aromatic N) is 2. The van der Waals surface area contributed by atoms with Crippen LogP contribution in [0, 0.1) is 11.3 Å². The number of aromatic nitrogens is 1. The van der Waals surface area contributed by atoms with E-state index in [0.717, 1.165) is 16.8 Å². The number of benzene rings is 1. The van der Waals surface area contributed by atoms with E-state index in [4.69, 9.17) is 10.00 Å². The van der Waals surface area contributed by atoms with Crippen LogP contribution in [0.15, 0.2) is 42.5 Å². The maximum atomic E-state index is 8.81. The molecule has 1 aromatic heterocycles. The molecule has 0 saturated carbocycles. The number of hydrogen-bond donors (Lipinski definition) is 0. The highest BCUT2D eigenvalue weighted by Crippen LogP contribution is 2.24. The first-order valence-electron chi connectivity index (χ1n) is 5.31. The Morgan fingerprint density at radius 2 is 1.94 bits per heavy atom. The lowest BCUT2D eigenvalue weighted by Gasteiger charge is -2.08. The zero-order chi connectivity index (χ0) is 12.1. The molecule has 17 heavy (non-hydrogen) atoms. The Kier molecular flexibility index (Phi) is 3.37. The van der Waals surface area contributed by atoms with Crippen molar-refractivity contribution in [3.05, 3.63) is 48.0 Å². The minimum Gasteiger partial charge on any atom is -0.481 e. The fourth-order valence-electron chi connectivity index (χ4n) is 1.66. The number of hydrogen-bond acceptors (Lipinski definition) is 3. The summed E-state index contributed by atoms with van der Waals surface area (Å²) in [5, 5.41) is 8.81. The second kappa shape index (κ2) is 5.13. The predicted molar refractivity (Wildman–Crippen MR) is 65.5 cm³/mol. The van der Waals surface area contributed by atoms with Gasteiger partial charge in [-0.3, -0.25) is 0 Å². The molecule has 1 heterocycles. The molecule has 2 aromatic rings. The van der Waals surface area contributed by atoms with Gasteiger partial charge in [0.2, 0.25) is 5.88 Å². The number of methoxy groups -OCH3 is 1. The van der Waals surface area contributed by atoms with Crippen molar-refractivity contribution in [2.75, 3.05) is 7.11 Å².